The summed E-state index contributed by atoms with van der Waals surface area (Å²) in [5.74, 6) is 0. The fourth-order valence-electron chi connectivity index (χ4n) is 0.450. The maximum Gasteiger partial charge on any atom is 0.0711 e. The van der Waals surface area contributed by atoms with Crippen LogP contribution in [0.25, 0.3) is 0 Å². The smallest absolute Gasteiger partial charge is 0.0711 e. The van der Waals surface area contributed by atoms with Crippen LogP contribution >= 0.6 is 36.4 Å². The van der Waals surface area contributed by atoms with Gasteiger partial charge in [0.05, 0.1) is 10.2 Å². The maximum atomic E-state index is 5.59. The summed E-state index contributed by atoms with van der Waals surface area (Å²) in [5.41, 5.74) is 0. The zero-order valence-electron chi connectivity index (χ0n) is 5.00. The highest BCUT2D eigenvalue weighted by Gasteiger charge is 1.82. The third-order valence-corrected chi connectivity index (χ3v) is 1.43. The summed E-state index contributed by atoms with van der Waals surface area (Å²) in [5, 5.41) is 1.82. The fraction of sp³-hybridized carbons (Fsp3) is 0. The van der Waals surface area contributed by atoms with Crippen molar-refractivity contribution >= 4 is 51.8 Å². The Bertz CT molecular complexity index is 152. The molecule has 0 unspecified atom stereocenters. The predicted octanol–water partition coefficient (Wildman–Crippen LogP) is 1.98. The van der Waals surface area contributed by atoms with Gasteiger partial charge in [-0.05, 0) is 12.1 Å². The lowest BCUT2D eigenvalue weighted by atomic mass is 10.4. The number of halogens is 3. The third kappa shape index (κ3) is 4.17. The molecule has 0 N–H and O–H groups in total. The highest BCUT2D eigenvalue weighted by molar-refractivity contribution is 6.34. The van der Waals surface area contributed by atoms with Crippen molar-refractivity contribution in [2.24, 2.45) is 0 Å². The second-order valence-corrected chi connectivity index (χ2v) is 2.52. The van der Waals surface area contributed by atoms with Crippen molar-refractivity contribution < 1.29 is 0 Å². The van der Waals surface area contributed by atoms with Crippen LogP contribution in [0.5, 0.6) is 0 Å². The number of hydrogen-bond acceptors (Lipinski definition) is 0. The summed E-state index contributed by atoms with van der Waals surface area (Å²) in [6.45, 7) is 0. The van der Waals surface area contributed by atoms with Crippen molar-refractivity contribution in [1.82, 2.24) is 0 Å². The molecule has 0 bridgehead atoms. The Kier molecular flexibility index (Phi) is 7.82. The summed E-state index contributed by atoms with van der Waals surface area (Å²) in [7, 11) is 3.33. The summed E-state index contributed by atoms with van der Waals surface area (Å²) in [6, 6.07) is 7.48. The van der Waals surface area contributed by atoms with Gasteiger partial charge in [0.1, 0.15) is 0 Å². The molecule has 0 nitrogen and oxygen atoms in total. The van der Waals surface area contributed by atoms with E-state index in [1.165, 1.54) is 0 Å². The Morgan fingerprint density at radius 2 is 1.40 bits per heavy atom. The van der Waals surface area contributed by atoms with Gasteiger partial charge in [-0.3, -0.25) is 0 Å². The van der Waals surface area contributed by atoms with E-state index in [0.717, 1.165) is 10.2 Å². The van der Waals surface area contributed by atoms with Crippen molar-refractivity contribution in [3.05, 3.63) is 29.3 Å². The predicted molar refractivity (Wildman–Crippen MR) is 51.3 cm³/mol. The van der Waals surface area contributed by atoms with Crippen LogP contribution in [-0.4, -0.2) is 10.2 Å². The largest absolute Gasteiger partial charge is 0.147 e. The minimum absolute atomic E-state index is 0. The zero-order valence-corrected chi connectivity index (χ0v) is 8.39. The second kappa shape index (κ2) is 6.05. The molecule has 3 radical (unpaired) electrons. The van der Waals surface area contributed by atoms with Crippen molar-refractivity contribution in [1.29, 1.82) is 0 Å². The van der Waals surface area contributed by atoms with E-state index in [0.29, 0.717) is 0 Å². The van der Waals surface area contributed by atoms with Crippen LogP contribution in [0, 0.1) is 0 Å². The summed E-state index contributed by atoms with van der Waals surface area (Å²) < 4.78 is 0. The number of hydrogen-bond donors (Lipinski definition) is 0. The van der Waals surface area contributed by atoms with Crippen LogP contribution in [0.15, 0.2) is 24.3 Å². The van der Waals surface area contributed by atoms with Crippen molar-refractivity contribution in [3.63, 3.8) is 0 Å². The first-order valence-electron chi connectivity index (χ1n) is 2.26. The number of benzene rings is 1. The average molecular weight is 213 g/mol. The second-order valence-electron chi connectivity index (χ2n) is 1.51. The molecule has 0 atom stereocenters. The molecule has 0 saturated carbocycles. The molecule has 0 aliphatic rings. The summed E-state index contributed by atoms with van der Waals surface area (Å²) in [6.07, 6.45) is 0. The highest BCUT2D eigenvalue weighted by atomic mass is 35.5. The molecule has 0 spiro atoms. The van der Waals surface area contributed by atoms with Crippen LogP contribution < -0.4 is 5.19 Å². The van der Waals surface area contributed by atoms with E-state index in [1.54, 1.807) is 0 Å². The lowest BCUT2D eigenvalue weighted by molar-refractivity contribution is 1.77. The molecule has 4 heteroatoms. The molecule has 1 aromatic rings. The molecular formula is C6H6Cl3Si. The Hall–Kier alpha value is 0.307. The molecule has 10 heavy (non-hydrogen) atoms. The van der Waals surface area contributed by atoms with Gasteiger partial charge in [-0.25, -0.2) is 0 Å². The van der Waals surface area contributed by atoms with E-state index in [-0.39, 0.29) is 24.8 Å². The minimum atomic E-state index is 0. The molecule has 55 valence electrons. The minimum Gasteiger partial charge on any atom is -0.147 e. The molecule has 0 aromatic heterocycles. The molecule has 0 saturated heterocycles. The topological polar surface area (TPSA) is 0 Å². The Morgan fingerprint density at radius 1 is 1.00 bits per heavy atom. The van der Waals surface area contributed by atoms with Crippen LogP contribution in [0.4, 0.5) is 0 Å². The van der Waals surface area contributed by atoms with Crippen LogP contribution in [0.2, 0.25) is 5.02 Å². The van der Waals surface area contributed by atoms with Gasteiger partial charge in [-0.1, -0.05) is 28.9 Å². The van der Waals surface area contributed by atoms with E-state index in [2.05, 4.69) is 10.2 Å². The van der Waals surface area contributed by atoms with E-state index in [1.807, 2.05) is 24.3 Å². The molecule has 0 aliphatic heterocycles. The lowest BCUT2D eigenvalue weighted by Gasteiger charge is -1.87. The first kappa shape index (κ1) is 12.9. The van der Waals surface area contributed by atoms with E-state index < -0.39 is 0 Å². The SMILES string of the molecule is Cl.Cl.[Si]c1ccc(Cl)cc1. The van der Waals surface area contributed by atoms with Gasteiger partial charge in [0.25, 0.3) is 0 Å². The first-order valence-corrected chi connectivity index (χ1v) is 3.14. The van der Waals surface area contributed by atoms with Gasteiger partial charge in [0, 0.05) is 5.02 Å². The lowest BCUT2D eigenvalue weighted by Crippen LogP contribution is -1.97. The van der Waals surface area contributed by atoms with E-state index in [9.17, 15) is 0 Å². The van der Waals surface area contributed by atoms with Crippen molar-refractivity contribution in [3.8, 4) is 0 Å². The Labute approximate surface area is 81.2 Å². The van der Waals surface area contributed by atoms with Crippen molar-refractivity contribution in [2.45, 2.75) is 0 Å². The van der Waals surface area contributed by atoms with Gasteiger partial charge in [-0.15, -0.1) is 24.8 Å². The molecular weight excluding hydrogens is 207 g/mol. The summed E-state index contributed by atoms with van der Waals surface area (Å²) in [4.78, 5) is 0. The normalized spacial score (nSPS) is 7.40. The Balaban J connectivity index is 0. The molecule has 1 rings (SSSR count). The molecule has 0 aliphatic carbocycles. The first-order chi connectivity index (χ1) is 3.79. The molecule has 0 fully saturated rings. The van der Waals surface area contributed by atoms with Gasteiger partial charge < -0.3 is 0 Å². The van der Waals surface area contributed by atoms with Gasteiger partial charge in [0.15, 0.2) is 0 Å². The van der Waals surface area contributed by atoms with Crippen LogP contribution in [0.3, 0.4) is 0 Å². The van der Waals surface area contributed by atoms with Crippen LogP contribution in [-0.2, 0) is 0 Å². The Morgan fingerprint density at radius 3 is 1.70 bits per heavy atom. The van der Waals surface area contributed by atoms with Crippen molar-refractivity contribution in [2.75, 3.05) is 0 Å². The number of rotatable bonds is 0. The summed E-state index contributed by atoms with van der Waals surface area (Å²) >= 11 is 5.59. The molecule has 0 heterocycles. The average Bonchev–Trinajstić information content (AvgIpc) is 1.77. The van der Waals surface area contributed by atoms with Crippen LogP contribution in [0.1, 0.15) is 0 Å². The molecule has 1 aromatic carbocycles. The third-order valence-electron chi connectivity index (χ3n) is 0.844. The highest BCUT2D eigenvalue weighted by Crippen LogP contribution is 2.02. The standard InChI is InChI=1S/C6H4ClSi.2ClH/c7-5-1-3-6(8)4-2-5;;/h1-4H;2*1H. The van der Waals surface area contributed by atoms with Gasteiger partial charge >= 0.3 is 0 Å². The quantitative estimate of drug-likeness (QED) is 0.577. The molecule has 0 amide bonds. The van der Waals surface area contributed by atoms with Gasteiger partial charge in [-0.2, -0.15) is 0 Å². The monoisotopic (exact) mass is 211 g/mol. The fourth-order valence-corrected chi connectivity index (χ4v) is 0.743. The zero-order chi connectivity index (χ0) is 5.98. The van der Waals surface area contributed by atoms with Gasteiger partial charge in [0.2, 0.25) is 0 Å². The van der Waals surface area contributed by atoms with E-state index in [4.69, 9.17) is 11.6 Å². The van der Waals surface area contributed by atoms with E-state index >= 15 is 0 Å². The maximum absolute atomic E-state index is 5.59.